The van der Waals surface area contributed by atoms with Gasteiger partial charge in [0.15, 0.2) is 5.58 Å². The number of hydrogen-bond donors (Lipinski definition) is 0. The van der Waals surface area contributed by atoms with Crippen molar-refractivity contribution in [3.8, 4) is 33.7 Å². The van der Waals surface area contributed by atoms with Crippen LogP contribution in [0.5, 0.6) is 0 Å². The third-order valence-corrected chi connectivity index (χ3v) is 9.47. The van der Waals surface area contributed by atoms with Crippen LogP contribution in [0.1, 0.15) is 0 Å². The number of benzene rings is 8. The predicted molar refractivity (Wildman–Crippen MR) is 220 cm³/mol. The fourth-order valence-corrected chi connectivity index (χ4v) is 6.90. The summed E-state index contributed by atoms with van der Waals surface area (Å²) in [7, 11) is 0. The zero-order chi connectivity index (χ0) is 35.4. The molecular formula is C49H35N3O. The SMILES string of the molecule is c1ccc(-c2ccc(N(c3ccccc3)c3cc(N(c4ccccc4)c4ccc(-c5ccccc5)cc4)c4oc(-c5ccccc5)nc4c3)cc2)cc1. The van der Waals surface area contributed by atoms with E-state index in [2.05, 4.69) is 174 Å². The van der Waals surface area contributed by atoms with E-state index in [9.17, 15) is 0 Å². The summed E-state index contributed by atoms with van der Waals surface area (Å²) in [4.78, 5) is 9.69. The van der Waals surface area contributed by atoms with Crippen LogP contribution >= 0.6 is 0 Å². The lowest BCUT2D eigenvalue weighted by Gasteiger charge is -2.29. The Kier molecular flexibility index (Phi) is 8.53. The van der Waals surface area contributed by atoms with E-state index in [0.29, 0.717) is 11.5 Å². The molecule has 0 atom stereocenters. The summed E-state index contributed by atoms with van der Waals surface area (Å²) < 4.78 is 6.74. The highest BCUT2D eigenvalue weighted by Crippen LogP contribution is 2.45. The first kappa shape index (κ1) is 31.8. The minimum absolute atomic E-state index is 0.574. The quantitative estimate of drug-likeness (QED) is 0.152. The summed E-state index contributed by atoms with van der Waals surface area (Å²) in [6, 6.07) is 73.8. The highest BCUT2D eigenvalue weighted by atomic mass is 16.3. The molecule has 0 aliphatic heterocycles. The third kappa shape index (κ3) is 6.46. The van der Waals surface area contributed by atoms with E-state index in [4.69, 9.17) is 9.40 Å². The molecule has 4 nitrogen and oxygen atoms in total. The molecule has 53 heavy (non-hydrogen) atoms. The largest absolute Gasteiger partial charge is 0.434 e. The van der Waals surface area contributed by atoms with Crippen molar-refractivity contribution >= 4 is 45.2 Å². The van der Waals surface area contributed by atoms with Gasteiger partial charge in [-0.25, -0.2) is 4.98 Å². The second-order valence-electron chi connectivity index (χ2n) is 12.9. The standard InChI is InChI=1S/C49H35N3O/c1-6-16-36(17-7-1)38-26-30-43(31-27-38)51(41-22-12-4-13-23-41)45-34-46-48(53-49(50-46)40-20-10-3-11-21-40)47(35-45)52(42-24-14-5-15-25-42)44-32-28-39(29-33-44)37-18-8-2-9-19-37/h1-35H. The molecule has 9 aromatic rings. The van der Waals surface area contributed by atoms with E-state index < -0.39 is 0 Å². The maximum absolute atomic E-state index is 6.74. The Bertz CT molecular complexity index is 2570. The lowest BCUT2D eigenvalue weighted by Crippen LogP contribution is -2.13. The highest BCUT2D eigenvalue weighted by Gasteiger charge is 2.24. The Morgan fingerprint density at radius 1 is 0.321 bits per heavy atom. The minimum Gasteiger partial charge on any atom is -0.434 e. The van der Waals surface area contributed by atoms with Crippen LogP contribution in [0.15, 0.2) is 217 Å². The summed E-state index contributed by atoms with van der Waals surface area (Å²) in [5.74, 6) is 0.574. The average Bonchev–Trinajstić information content (AvgIpc) is 3.68. The molecule has 252 valence electrons. The number of oxazole rings is 1. The Morgan fingerprint density at radius 2 is 0.698 bits per heavy atom. The van der Waals surface area contributed by atoms with E-state index in [0.717, 1.165) is 56.3 Å². The van der Waals surface area contributed by atoms with Gasteiger partial charge in [0, 0.05) is 28.3 Å². The van der Waals surface area contributed by atoms with Gasteiger partial charge in [0.05, 0.1) is 11.4 Å². The molecule has 0 amide bonds. The first-order chi connectivity index (χ1) is 26.3. The van der Waals surface area contributed by atoms with Gasteiger partial charge in [-0.3, -0.25) is 0 Å². The van der Waals surface area contributed by atoms with E-state index in [1.807, 2.05) is 48.5 Å². The van der Waals surface area contributed by atoms with Crippen LogP contribution in [0.25, 0.3) is 44.8 Å². The molecule has 0 bridgehead atoms. The lowest BCUT2D eigenvalue weighted by molar-refractivity contribution is 0.620. The van der Waals surface area contributed by atoms with Crippen LogP contribution in [0.4, 0.5) is 34.1 Å². The topological polar surface area (TPSA) is 32.5 Å². The van der Waals surface area contributed by atoms with Crippen molar-refractivity contribution in [2.75, 3.05) is 9.80 Å². The van der Waals surface area contributed by atoms with Crippen molar-refractivity contribution in [3.05, 3.63) is 212 Å². The highest BCUT2D eigenvalue weighted by molar-refractivity contribution is 5.99. The third-order valence-electron chi connectivity index (χ3n) is 9.47. The van der Waals surface area contributed by atoms with Crippen molar-refractivity contribution in [2.45, 2.75) is 0 Å². The van der Waals surface area contributed by atoms with E-state index in [1.165, 1.54) is 11.1 Å². The lowest BCUT2D eigenvalue weighted by atomic mass is 10.0. The maximum atomic E-state index is 6.74. The molecule has 8 aromatic carbocycles. The van der Waals surface area contributed by atoms with Gasteiger partial charge in [-0.15, -0.1) is 0 Å². The molecular weight excluding hydrogens is 647 g/mol. The summed E-state index contributed by atoms with van der Waals surface area (Å²) in [5, 5.41) is 0. The van der Waals surface area contributed by atoms with Crippen LogP contribution in [-0.4, -0.2) is 4.98 Å². The van der Waals surface area contributed by atoms with Gasteiger partial charge in [0.2, 0.25) is 5.89 Å². The molecule has 0 aliphatic rings. The average molecular weight is 682 g/mol. The Morgan fingerprint density at radius 3 is 1.19 bits per heavy atom. The van der Waals surface area contributed by atoms with Gasteiger partial charge in [-0.2, -0.15) is 0 Å². The molecule has 0 aliphatic carbocycles. The van der Waals surface area contributed by atoms with Gasteiger partial charge in [-0.1, -0.05) is 140 Å². The van der Waals surface area contributed by atoms with Gasteiger partial charge >= 0.3 is 0 Å². The van der Waals surface area contributed by atoms with Gasteiger partial charge in [0.25, 0.3) is 0 Å². The van der Waals surface area contributed by atoms with Gasteiger partial charge < -0.3 is 14.2 Å². The zero-order valence-electron chi connectivity index (χ0n) is 29.0. The molecule has 0 saturated heterocycles. The number of hydrogen-bond acceptors (Lipinski definition) is 4. The Balaban J connectivity index is 1.26. The van der Waals surface area contributed by atoms with Crippen molar-refractivity contribution in [1.29, 1.82) is 0 Å². The summed E-state index contributed by atoms with van der Waals surface area (Å²) in [6.45, 7) is 0. The van der Waals surface area contributed by atoms with Crippen molar-refractivity contribution in [1.82, 2.24) is 4.98 Å². The van der Waals surface area contributed by atoms with E-state index in [-0.39, 0.29) is 0 Å². The fourth-order valence-electron chi connectivity index (χ4n) is 6.90. The second-order valence-corrected chi connectivity index (χ2v) is 12.9. The number of nitrogens with zero attached hydrogens (tertiary/aromatic N) is 3. The van der Waals surface area contributed by atoms with Crippen LogP contribution in [0.2, 0.25) is 0 Å². The molecule has 0 fully saturated rings. The second kappa shape index (κ2) is 14.2. The molecule has 0 N–H and O–H groups in total. The first-order valence-corrected chi connectivity index (χ1v) is 17.8. The van der Waals surface area contributed by atoms with Crippen LogP contribution in [-0.2, 0) is 0 Å². The molecule has 4 heteroatoms. The summed E-state index contributed by atoms with van der Waals surface area (Å²) >= 11 is 0. The Hall–Kier alpha value is -7.17. The normalized spacial score (nSPS) is 11.0. The van der Waals surface area contributed by atoms with Crippen LogP contribution in [0.3, 0.4) is 0 Å². The number of fused-ring (bicyclic) bond motifs is 1. The van der Waals surface area contributed by atoms with Crippen LogP contribution < -0.4 is 9.80 Å². The minimum atomic E-state index is 0.574. The summed E-state index contributed by atoms with van der Waals surface area (Å²) in [6.07, 6.45) is 0. The molecule has 0 unspecified atom stereocenters. The number of anilines is 6. The summed E-state index contributed by atoms with van der Waals surface area (Å²) in [5.41, 5.74) is 13.0. The molecule has 1 heterocycles. The van der Waals surface area contributed by atoms with Crippen LogP contribution in [0, 0.1) is 0 Å². The van der Waals surface area contributed by atoms with E-state index >= 15 is 0 Å². The number of aromatic nitrogens is 1. The molecule has 0 radical (unpaired) electrons. The monoisotopic (exact) mass is 681 g/mol. The molecule has 9 rings (SSSR count). The van der Waals surface area contributed by atoms with Gasteiger partial charge in [0.1, 0.15) is 5.52 Å². The van der Waals surface area contributed by atoms with E-state index in [1.54, 1.807) is 0 Å². The molecule has 0 spiro atoms. The van der Waals surface area contributed by atoms with Crippen molar-refractivity contribution < 1.29 is 4.42 Å². The fraction of sp³-hybridized carbons (Fsp3) is 0. The molecule has 1 aromatic heterocycles. The van der Waals surface area contributed by atoms with Crippen molar-refractivity contribution in [2.24, 2.45) is 0 Å². The van der Waals surface area contributed by atoms with Gasteiger partial charge in [-0.05, 0) is 95.1 Å². The smallest absolute Gasteiger partial charge is 0.227 e. The Labute approximate surface area is 309 Å². The predicted octanol–water partition coefficient (Wildman–Crippen LogP) is 13.8. The van der Waals surface area contributed by atoms with Crippen molar-refractivity contribution in [3.63, 3.8) is 0 Å². The zero-order valence-corrected chi connectivity index (χ0v) is 29.0. The first-order valence-electron chi connectivity index (χ1n) is 17.8. The maximum Gasteiger partial charge on any atom is 0.227 e. The molecule has 0 saturated carbocycles. The number of rotatable bonds is 9. The number of para-hydroxylation sites is 2.